The molecule has 0 aliphatic heterocycles. The van der Waals surface area contributed by atoms with Crippen LogP contribution < -0.4 is 4.74 Å². The van der Waals surface area contributed by atoms with Crippen molar-refractivity contribution in [3.63, 3.8) is 0 Å². The molecule has 0 saturated carbocycles. The number of methoxy groups -OCH3 is 1. The lowest BCUT2D eigenvalue weighted by atomic mass is 10.1. The van der Waals surface area contributed by atoms with Crippen LogP contribution in [-0.4, -0.2) is 25.1 Å². The molecule has 0 aromatic heterocycles. The van der Waals surface area contributed by atoms with Crippen LogP contribution in [0, 0.1) is 17.2 Å². The lowest BCUT2D eigenvalue weighted by Crippen LogP contribution is -2.27. The Labute approximate surface area is 114 Å². The predicted molar refractivity (Wildman–Crippen MR) is 73.7 cm³/mol. The van der Waals surface area contributed by atoms with Crippen LogP contribution in [0.5, 0.6) is 5.75 Å². The molecule has 0 aliphatic rings. The van der Waals surface area contributed by atoms with Crippen molar-refractivity contribution in [2.45, 2.75) is 20.4 Å². The highest BCUT2D eigenvalue weighted by atomic mass is 35.5. The number of nitrogens with zero attached hydrogens (tertiary/aromatic N) is 2. The monoisotopic (exact) mass is 266 g/mol. The minimum Gasteiger partial charge on any atom is -0.495 e. The Morgan fingerprint density at radius 2 is 2.22 bits per heavy atom. The van der Waals surface area contributed by atoms with E-state index in [1.54, 1.807) is 7.11 Å². The predicted octanol–water partition coefficient (Wildman–Crippen LogP) is 3.33. The summed E-state index contributed by atoms with van der Waals surface area (Å²) >= 11 is 6.09. The van der Waals surface area contributed by atoms with Gasteiger partial charge in [-0.2, -0.15) is 5.26 Å². The molecule has 18 heavy (non-hydrogen) atoms. The average Bonchev–Trinajstić information content (AvgIpc) is 2.38. The molecule has 98 valence electrons. The summed E-state index contributed by atoms with van der Waals surface area (Å²) in [5.74, 6) is 0.729. The molecule has 0 spiro atoms. The van der Waals surface area contributed by atoms with E-state index in [9.17, 15) is 0 Å². The summed E-state index contributed by atoms with van der Waals surface area (Å²) in [5, 5.41) is 9.47. The van der Waals surface area contributed by atoms with Gasteiger partial charge >= 0.3 is 0 Å². The van der Waals surface area contributed by atoms with Crippen molar-refractivity contribution in [3.8, 4) is 11.8 Å². The summed E-state index contributed by atoms with van der Waals surface area (Å²) in [4.78, 5) is 2.23. The zero-order chi connectivity index (χ0) is 13.5. The standard InChI is InChI=1S/C14H19ClN2O/c1-4-17(9-11(2)8-16)10-12-5-6-14(18-3)13(15)7-12/h5-7,11H,4,9-10H2,1-3H3/t11-/m1/s1. The van der Waals surface area contributed by atoms with Gasteiger partial charge in [0.2, 0.25) is 0 Å². The van der Waals surface area contributed by atoms with Gasteiger partial charge < -0.3 is 4.74 Å². The van der Waals surface area contributed by atoms with Crippen molar-refractivity contribution < 1.29 is 4.74 Å². The molecule has 0 saturated heterocycles. The van der Waals surface area contributed by atoms with Crippen molar-refractivity contribution in [1.82, 2.24) is 4.90 Å². The molecular weight excluding hydrogens is 248 g/mol. The number of halogens is 1. The van der Waals surface area contributed by atoms with Crippen LogP contribution in [0.4, 0.5) is 0 Å². The van der Waals surface area contributed by atoms with E-state index in [1.165, 1.54) is 0 Å². The van der Waals surface area contributed by atoms with Crippen LogP contribution >= 0.6 is 11.6 Å². The first kappa shape index (κ1) is 14.8. The molecule has 0 aliphatic carbocycles. The van der Waals surface area contributed by atoms with Gasteiger partial charge in [-0.25, -0.2) is 0 Å². The van der Waals surface area contributed by atoms with Gasteiger partial charge in [0, 0.05) is 13.1 Å². The first-order valence-corrected chi connectivity index (χ1v) is 6.42. The molecule has 0 fully saturated rings. The maximum absolute atomic E-state index is 8.84. The Bertz CT molecular complexity index is 428. The van der Waals surface area contributed by atoms with Crippen LogP contribution in [0.25, 0.3) is 0 Å². The van der Waals surface area contributed by atoms with E-state index in [1.807, 2.05) is 25.1 Å². The molecule has 1 rings (SSSR count). The fourth-order valence-electron chi connectivity index (χ4n) is 1.80. The molecule has 0 N–H and O–H groups in total. The summed E-state index contributed by atoms with van der Waals surface area (Å²) in [7, 11) is 1.60. The number of hydrogen-bond donors (Lipinski definition) is 0. The second kappa shape index (κ2) is 7.25. The Morgan fingerprint density at radius 3 is 2.72 bits per heavy atom. The summed E-state index contributed by atoms with van der Waals surface area (Å²) in [6, 6.07) is 8.05. The molecular formula is C14H19ClN2O. The summed E-state index contributed by atoms with van der Waals surface area (Å²) in [6.07, 6.45) is 0. The van der Waals surface area contributed by atoms with E-state index in [-0.39, 0.29) is 5.92 Å². The normalized spacial score (nSPS) is 12.2. The molecule has 0 amide bonds. The topological polar surface area (TPSA) is 36.3 Å². The Kier molecular flexibility index (Phi) is 5.97. The van der Waals surface area contributed by atoms with Crippen molar-refractivity contribution in [2.24, 2.45) is 5.92 Å². The highest BCUT2D eigenvalue weighted by molar-refractivity contribution is 6.32. The molecule has 1 aromatic rings. The highest BCUT2D eigenvalue weighted by Crippen LogP contribution is 2.25. The van der Waals surface area contributed by atoms with E-state index in [4.69, 9.17) is 21.6 Å². The largest absolute Gasteiger partial charge is 0.495 e. The van der Waals surface area contributed by atoms with Gasteiger partial charge in [0.25, 0.3) is 0 Å². The second-order valence-electron chi connectivity index (χ2n) is 4.33. The average molecular weight is 267 g/mol. The fraction of sp³-hybridized carbons (Fsp3) is 0.500. The Balaban J connectivity index is 2.70. The van der Waals surface area contributed by atoms with Gasteiger partial charge in [0.15, 0.2) is 0 Å². The zero-order valence-electron chi connectivity index (χ0n) is 11.1. The maximum Gasteiger partial charge on any atom is 0.137 e. The van der Waals surface area contributed by atoms with Crippen LogP contribution in [0.2, 0.25) is 5.02 Å². The SMILES string of the molecule is CCN(Cc1ccc(OC)c(Cl)c1)C[C@H](C)C#N. The number of benzene rings is 1. The third kappa shape index (κ3) is 4.21. The van der Waals surface area contributed by atoms with Crippen molar-refractivity contribution >= 4 is 11.6 Å². The van der Waals surface area contributed by atoms with Gasteiger partial charge in [0.1, 0.15) is 5.75 Å². The summed E-state index contributed by atoms with van der Waals surface area (Å²) < 4.78 is 5.12. The van der Waals surface area contributed by atoms with Gasteiger partial charge in [0.05, 0.1) is 24.1 Å². The molecule has 0 unspecified atom stereocenters. The first-order valence-electron chi connectivity index (χ1n) is 6.05. The van der Waals surface area contributed by atoms with Crippen molar-refractivity contribution in [3.05, 3.63) is 28.8 Å². The van der Waals surface area contributed by atoms with E-state index in [2.05, 4.69) is 17.9 Å². The minimum absolute atomic E-state index is 0.0404. The highest BCUT2D eigenvalue weighted by Gasteiger charge is 2.10. The maximum atomic E-state index is 8.84. The molecule has 1 atom stereocenters. The molecule has 0 radical (unpaired) electrons. The number of nitriles is 1. The van der Waals surface area contributed by atoms with Crippen LogP contribution in [0.15, 0.2) is 18.2 Å². The Morgan fingerprint density at radius 1 is 1.50 bits per heavy atom. The fourth-order valence-corrected chi connectivity index (χ4v) is 2.08. The zero-order valence-corrected chi connectivity index (χ0v) is 11.9. The second-order valence-corrected chi connectivity index (χ2v) is 4.73. The van der Waals surface area contributed by atoms with E-state index >= 15 is 0 Å². The molecule has 1 aromatic carbocycles. The minimum atomic E-state index is 0.0404. The first-order chi connectivity index (χ1) is 8.60. The van der Waals surface area contributed by atoms with Gasteiger partial charge in [-0.3, -0.25) is 4.90 Å². The van der Waals surface area contributed by atoms with Crippen LogP contribution in [0.3, 0.4) is 0 Å². The molecule has 0 bridgehead atoms. The van der Waals surface area contributed by atoms with E-state index in [0.717, 1.165) is 25.2 Å². The number of rotatable bonds is 6. The summed E-state index contributed by atoms with van der Waals surface area (Å²) in [6.45, 7) is 6.51. The third-order valence-corrected chi connectivity index (χ3v) is 3.12. The molecule has 0 heterocycles. The lowest BCUT2D eigenvalue weighted by molar-refractivity contribution is 0.260. The lowest BCUT2D eigenvalue weighted by Gasteiger charge is -2.21. The van der Waals surface area contributed by atoms with E-state index < -0.39 is 0 Å². The Hall–Kier alpha value is -1.24. The quantitative estimate of drug-likeness (QED) is 0.792. The number of ether oxygens (including phenoxy) is 1. The summed E-state index contributed by atoms with van der Waals surface area (Å²) in [5.41, 5.74) is 1.13. The van der Waals surface area contributed by atoms with Crippen molar-refractivity contribution in [2.75, 3.05) is 20.2 Å². The van der Waals surface area contributed by atoms with Crippen LogP contribution in [-0.2, 0) is 6.54 Å². The van der Waals surface area contributed by atoms with Crippen molar-refractivity contribution in [1.29, 1.82) is 5.26 Å². The van der Waals surface area contributed by atoms with Crippen LogP contribution in [0.1, 0.15) is 19.4 Å². The molecule has 4 heteroatoms. The smallest absolute Gasteiger partial charge is 0.137 e. The number of hydrogen-bond acceptors (Lipinski definition) is 3. The molecule has 3 nitrogen and oxygen atoms in total. The van der Waals surface area contributed by atoms with Gasteiger partial charge in [-0.1, -0.05) is 24.6 Å². The third-order valence-electron chi connectivity index (χ3n) is 2.82. The van der Waals surface area contributed by atoms with Gasteiger partial charge in [-0.05, 0) is 31.2 Å². The van der Waals surface area contributed by atoms with E-state index in [0.29, 0.717) is 10.8 Å². The van der Waals surface area contributed by atoms with Gasteiger partial charge in [-0.15, -0.1) is 0 Å².